The zero-order chi connectivity index (χ0) is 13.7. The van der Waals surface area contributed by atoms with E-state index in [4.69, 9.17) is 4.74 Å². The van der Waals surface area contributed by atoms with Crippen molar-refractivity contribution in [3.63, 3.8) is 0 Å². The molecule has 19 heavy (non-hydrogen) atoms. The molecule has 1 aromatic heterocycles. The van der Waals surface area contributed by atoms with E-state index in [0.717, 1.165) is 18.9 Å². The van der Waals surface area contributed by atoms with E-state index in [2.05, 4.69) is 22.5 Å². The van der Waals surface area contributed by atoms with Crippen molar-refractivity contribution in [2.45, 2.75) is 25.8 Å². The normalized spacial score (nSPS) is 20.6. The molecule has 0 aromatic carbocycles. The van der Waals surface area contributed by atoms with Crippen LogP contribution in [0.5, 0.6) is 0 Å². The highest BCUT2D eigenvalue weighted by Gasteiger charge is 2.20. The highest BCUT2D eigenvalue weighted by molar-refractivity contribution is 5.89. The Morgan fingerprint density at radius 2 is 2.47 bits per heavy atom. The molecule has 0 radical (unpaired) electrons. The standard InChI is InChI=1S/C14H21N3O2/c1-10(12-4-3-6-15-9-12)17-13-8-11(5-7-16-13)14(18)19-2/h5,7-8,10,12,15H,3-4,6,9H2,1-2H3,(H,16,17). The van der Waals surface area contributed by atoms with E-state index in [1.165, 1.54) is 20.0 Å². The van der Waals surface area contributed by atoms with Crippen LogP contribution in [0.4, 0.5) is 5.82 Å². The lowest BCUT2D eigenvalue weighted by Gasteiger charge is -2.29. The van der Waals surface area contributed by atoms with Crippen LogP contribution in [0.3, 0.4) is 0 Å². The summed E-state index contributed by atoms with van der Waals surface area (Å²) < 4.78 is 4.71. The number of aromatic nitrogens is 1. The number of esters is 1. The molecule has 104 valence electrons. The largest absolute Gasteiger partial charge is 0.465 e. The van der Waals surface area contributed by atoms with Gasteiger partial charge in [-0.15, -0.1) is 0 Å². The Hall–Kier alpha value is -1.62. The molecule has 2 heterocycles. The van der Waals surface area contributed by atoms with Gasteiger partial charge in [0.25, 0.3) is 0 Å². The summed E-state index contributed by atoms with van der Waals surface area (Å²) in [6, 6.07) is 3.72. The molecule has 2 unspecified atom stereocenters. The van der Waals surface area contributed by atoms with Crippen LogP contribution in [0.15, 0.2) is 18.3 Å². The van der Waals surface area contributed by atoms with Gasteiger partial charge in [-0.2, -0.15) is 0 Å². The number of nitrogens with zero attached hydrogens (tertiary/aromatic N) is 1. The molecule has 1 fully saturated rings. The van der Waals surface area contributed by atoms with Gasteiger partial charge in [0.05, 0.1) is 12.7 Å². The second-order valence-electron chi connectivity index (χ2n) is 4.96. The first-order valence-corrected chi connectivity index (χ1v) is 6.72. The first-order valence-electron chi connectivity index (χ1n) is 6.72. The van der Waals surface area contributed by atoms with Crippen molar-refractivity contribution < 1.29 is 9.53 Å². The van der Waals surface area contributed by atoms with Crippen LogP contribution >= 0.6 is 0 Å². The lowest BCUT2D eigenvalue weighted by molar-refractivity contribution is 0.0600. The van der Waals surface area contributed by atoms with Gasteiger partial charge < -0.3 is 15.4 Å². The third-order valence-corrected chi connectivity index (χ3v) is 3.60. The minimum atomic E-state index is -0.336. The summed E-state index contributed by atoms with van der Waals surface area (Å²) in [6.07, 6.45) is 4.06. The summed E-state index contributed by atoms with van der Waals surface area (Å²) >= 11 is 0. The number of nitrogens with one attached hydrogen (secondary N) is 2. The van der Waals surface area contributed by atoms with Crippen LogP contribution in [0.2, 0.25) is 0 Å². The van der Waals surface area contributed by atoms with Crippen molar-refractivity contribution in [2.75, 3.05) is 25.5 Å². The minimum absolute atomic E-state index is 0.327. The van der Waals surface area contributed by atoms with Crippen molar-refractivity contribution in [1.29, 1.82) is 0 Å². The van der Waals surface area contributed by atoms with Crippen LogP contribution in [0.25, 0.3) is 0 Å². The number of ether oxygens (including phenoxy) is 1. The van der Waals surface area contributed by atoms with Crippen LogP contribution in [-0.2, 0) is 4.74 Å². The van der Waals surface area contributed by atoms with Gasteiger partial charge in [0.1, 0.15) is 5.82 Å². The van der Waals surface area contributed by atoms with Gasteiger partial charge in [0.2, 0.25) is 0 Å². The van der Waals surface area contributed by atoms with Crippen LogP contribution in [0, 0.1) is 5.92 Å². The molecule has 0 bridgehead atoms. The minimum Gasteiger partial charge on any atom is -0.465 e. The predicted octanol–water partition coefficient (Wildman–Crippen LogP) is 1.67. The van der Waals surface area contributed by atoms with Gasteiger partial charge in [-0.1, -0.05) is 0 Å². The SMILES string of the molecule is COC(=O)c1ccnc(NC(C)C2CCCNC2)c1. The maximum Gasteiger partial charge on any atom is 0.338 e. The van der Waals surface area contributed by atoms with Crippen molar-refractivity contribution in [3.8, 4) is 0 Å². The van der Waals surface area contributed by atoms with Crippen molar-refractivity contribution in [1.82, 2.24) is 10.3 Å². The molecule has 0 aliphatic carbocycles. The topological polar surface area (TPSA) is 63.2 Å². The Labute approximate surface area is 113 Å². The number of carbonyl (C=O) groups excluding carboxylic acids is 1. The molecule has 5 heteroatoms. The molecule has 1 saturated heterocycles. The van der Waals surface area contributed by atoms with E-state index in [1.54, 1.807) is 18.3 Å². The number of hydrogen-bond donors (Lipinski definition) is 2. The van der Waals surface area contributed by atoms with Crippen molar-refractivity contribution in [3.05, 3.63) is 23.9 Å². The summed E-state index contributed by atoms with van der Waals surface area (Å²) in [5, 5.41) is 6.78. The molecule has 2 rings (SSSR count). The van der Waals surface area contributed by atoms with Crippen LogP contribution < -0.4 is 10.6 Å². The Morgan fingerprint density at radius 3 is 3.16 bits per heavy atom. The highest BCUT2D eigenvalue weighted by atomic mass is 16.5. The Morgan fingerprint density at radius 1 is 1.63 bits per heavy atom. The second-order valence-corrected chi connectivity index (χ2v) is 4.96. The lowest BCUT2D eigenvalue weighted by atomic mass is 9.93. The number of anilines is 1. The fourth-order valence-corrected chi connectivity index (χ4v) is 2.41. The number of hydrogen-bond acceptors (Lipinski definition) is 5. The fraction of sp³-hybridized carbons (Fsp3) is 0.571. The molecule has 0 spiro atoms. The molecule has 2 atom stereocenters. The third-order valence-electron chi connectivity index (χ3n) is 3.60. The van der Waals surface area contributed by atoms with Crippen LogP contribution in [0.1, 0.15) is 30.1 Å². The summed E-state index contributed by atoms with van der Waals surface area (Å²) in [6.45, 7) is 4.30. The summed E-state index contributed by atoms with van der Waals surface area (Å²) in [5.74, 6) is 0.982. The van der Waals surface area contributed by atoms with Crippen LogP contribution in [-0.4, -0.2) is 37.2 Å². The third kappa shape index (κ3) is 3.67. The van der Waals surface area contributed by atoms with E-state index in [-0.39, 0.29) is 5.97 Å². The summed E-state index contributed by atoms with van der Waals surface area (Å²) in [4.78, 5) is 15.7. The average Bonchev–Trinajstić information content (AvgIpc) is 2.47. The highest BCUT2D eigenvalue weighted by Crippen LogP contribution is 2.18. The van der Waals surface area contributed by atoms with Gasteiger partial charge >= 0.3 is 5.97 Å². The van der Waals surface area contributed by atoms with Gasteiger partial charge in [0, 0.05) is 12.2 Å². The van der Waals surface area contributed by atoms with E-state index in [9.17, 15) is 4.79 Å². The summed E-state index contributed by atoms with van der Waals surface area (Å²) in [5.41, 5.74) is 0.522. The number of piperidine rings is 1. The maximum absolute atomic E-state index is 11.5. The molecule has 5 nitrogen and oxygen atoms in total. The van der Waals surface area contributed by atoms with E-state index >= 15 is 0 Å². The number of pyridine rings is 1. The first-order chi connectivity index (χ1) is 9.20. The monoisotopic (exact) mass is 263 g/mol. The zero-order valence-corrected chi connectivity index (χ0v) is 11.5. The van der Waals surface area contributed by atoms with Gasteiger partial charge in [-0.3, -0.25) is 0 Å². The quantitative estimate of drug-likeness (QED) is 0.809. The Bertz CT molecular complexity index is 430. The lowest BCUT2D eigenvalue weighted by Crippen LogP contribution is -2.38. The predicted molar refractivity (Wildman–Crippen MR) is 74.3 cm³/mol. The molecule has 1 aromatic rings. The Kier molecular flexibility index (Phi) is 4.74. The van der Waals surface area contributed by atoms with Crippen molar-refractivity contribution >= 4 is 11.8 Å². The molecule has 2 N–H and O–H groups in total. The van der Waals surface area contributed by atoms with Crippen molar-refractivity contribution in [2.24, 2.45) is 5.92 Å². The summed E-state index contributed by atoms with van der Waals surface area (Å²) in [7, 11) is 1.38. The Balaban J connectivity index is 1.99. The molecule has 1 aliphatic heterocycles. The number of rotatable bonds is 4. The van der Waals surface area contributed by atoms with Gasteiger partial charge in [-0.05, 0) is 50.9 Å². The number of carbonyl (C=O) groups is 1. The molecule has 0 amide bonds. The van der Waals surface area contributed by atoms with E-state index in [0.29, 0.717) is 17.5 Å². The van der Waals surface area contributed by atoms with Gasteiger partial charge in [0.15, 0.2) is 0 Å². The molecular weight excluding hydrogens is 242 g/mol. The first kappa shape index (κ1) is 13.8. The van der Waals surface area contributed by atoms with E-state index < -0.39 is 0 Å². The maximum atomic E-state index is 11.5. The molecule has 1 aliphatic rings. The second kappa shape index (κ2) is 6.52. The molecular formula is C14H21N3O2. The van der Waals surface area contributed by atoms with Gasteiger partial charge in [-0.25, -0.2) is 9.78 Å². The smallest absolute Gasteiger partial charge is 0.338 e. The van der Waals surface area contributed by atoms with E-state index in [1.807, 2.05) is 0 Å². The fourth-order valence-electron chi connectivity index (χ4n) is 2.41. The zero-order valence-electron chi connectivity index (χ0n) is 11.5. The average molecular weight is 263 g/mol. The number of methoxy groups -OCH3 is 1. The molecule has 0 saturated carbocycles.